The highest BCUT2D eigenvalue weighted by atomic mass is 35.5. The predicted molar refractivity (Wildman–Crippen MR) is 122 cm³/mol. The van der Waals surface area contributed by atoms with E-state index in [0.29, 0.717) is 33.4 Å². The highest BCUT2D eigenvalue weighted by molar-refractivity contribution is 7.18. The fourth-order valence-electron chi connectivity index (χ4n) is 3.07. The molecule has 1 heterocycles. The SMILES string of the molecule is Cc1cc(NC(=O)c2ccccc2Cl)sc1C(=O)N(CCO)CCc1ccccc1. The molecule has 0 unspecified atom stereocenters. The first kappa shape index (κ1) is 22.0. The van der Waals surface area contributed by atoms with Gasteiger partial charge in [0.2, 0.25) is 0 Å². The largest absolute Gasteiger partial charge is 0.395 e. The van der Waals surface area contributed by atoms with E-state index in [4.69, 9.17) is 11.6 Å². The van der Waals surface area contributed by atoms with Gasteiger partial charge in [0.15, 0.2) is 0 Å². The van der Waals surface area contributed by atoms with Crippen LogP contribution in [0.4, 0.5) is 5.00 Å². The maximum atomic E-state index is 13.1. The molecule has 0 aliphatic carbocycles. The zero-order valence-electron chi connectivity index (χ0n) is 16.6. The quantitative estimate of drug-likeness (QED) is 0.534. The van der Waals surface area contributed by atoms with Gasteiger partial charge < -0.3 is 15.3 Å². The number of nitrogens with one attached hydrogen (secondary N) is 1. The third kappa shape index (κ3) is 5.48. The normalized spacial score (nSPS) is 10.6. The Bertz CT molecular complexity index is 1020. The minimum absolute atomic E-state index is 0.110. The van der Waals surface area contributed by atoms with Crippen LogP contribution in [-0.2, 0) is 6.42 Å². The van der Waals surface area contributed by atoms with Crippen LogP contribution in [0.2, 0.25) is 5.02 Å². The molecule has 7 heteroatoms. The minimum atomic E-state index is -0.322. The van der Waals surface area contributed by atoms with E-state index >= 15 is 0 Å². The van der Waals surface area contributed by atoms with Crippen molar-refractivity contribution in [1.29, 1.82) is 0 Å². The van der Waals surface area contributed by atoms with Crippen LogP contribution in [0.3, 0.4) is 0 Å². The summed E-state index contributed by atoms with van der Waals surface area (Å²) in [4.78, 5) is 27.8. The third-order valence-corrected chi connectivity index (χ3v) is 6.11. The summed E-state index contributed by atoms with van der Waals surface area (Å²) in [5.41, 5.74) is 2.29. The zero-order chi connectivity index (χ0) is 21.5. The Morgan fingerprint density at radius 2 is 1.77 bits per heavy atom. The van der Waals surface area contributed by atoms with Crippen molar-refractivity contribution in [2.45, 2.75) is 13.3 Å². The maximum Gasteiger partial charge on any atom is 0.264 e. The average Bonchev–Trinajstić information content (AvgIpc) is 3.11. The van der Waals surface area contributed by atoms with E-state index in [1.54, 1.807) is 35.2 Å². The summed E-state index contributed by atoms with van der Waals surface area (Å²) in [6, 6.07) is 18.5. The van der Waals surface area contributed by atoms with Gasteiger partial charge in [-0.3, -0.25) is 9.59 Å². The van der Waals surface area contributed by atoms with Crippen molar-refractivity contribution < 1.29 is 14.7 Å². The van der Waals surface area contributed by atoms with E-state index in [9.17, 15) is 14.7 Å². The molecule has 0 aliphatic rings. The Morgan fingerprint density at radius 1 is 1.07 bits per heavy atom. The second-order valence-corrected chi connectivity index (χ2v) is 8.27. The molecule has 0 saturated heterocycles. The molecule has 0 bridgehead atoms. The molecule has 5 nitrogen and oxygen atoms in total. The molecule has 0 atom stereocenters. The van der Waals surface area contributed by atoms with Crippen LogP contribution in [0.5, 0.6) is 0 Å². The van der Waals surface area contributed by atoms with Gasteiger partial charge in [0.05, 0.1) is 27.1 Å². The fraction of sp³-hybridized carbons (Fsp3) is 0.217. The number of benzene rings is 2. The van der Waals surface area contributed by atoms with E-state index in [2.05, 4.69) is 5.32 Å². The fourth-order valence-corrected chi connectivity index (χ4v) is 4.33. The van der Waals surface area contributed by atoms with Crippen LogP contribution < -0.4 is 5.32 Å². The van der Waals surface area contributed by atoms with Crippen molar-refractivity contribution in [3.63, 3.8) is 0 Å². The summed E-state index contributed by atoms with van der Waals surface area (Å²) in [5.74, 6) is -0.474. The van der Waals surface area contributed by atoms with Crippen LogP contribution in [-0.4, -0.2) is 41.5 Å². The Kier molecular flexibility index (Phi) is 7.63. The van der Waals surface area contributed by atoms with Crippen LogP contribution in [0.25, 0.3) is 0 Å². The van der Waals surface area contributed by atoms with E-state index in [1.807, 2.05) is 37.3 Å². The number of hydrogen-bond acceptors (Lipinski definition) is 4. The van der Waals surface area contributed by atoms with E-state index in [-0.39, 0.29) is 25.0 Å². The molecule has 0 radical (unpaired) electrons. The maximum absolute atomic E-state index is 13.1. The third-order valence-electron chi connectivity index (χ3n) is 4.64. The lowest BCUT2D eigenvalue weighted by Gasteiger charge is -2.21. The molecule has 3 rings (SSSR count). The Labute approximate surface area is 184 Å². The molecule has 156 valence electrons. The van der Waals surface area contributed by atoms with Gasteiger partial charge >= 0.3 is 0 Å². The Morgan fingerprint density at radius 3 is 2.47 bits per heavy atom. The van der Waals surface area contributed by atoms with Crippen molar-refractivity contribution >= 4 is 39.8 Å². The number of aliphatic hydroxyl groups is 1. The lowest BCUT2D eigenvalue weighted by atomic mass is 10.1. The number of carbonyl (C=O) groups is 2. The summed E-state index contributed by atoms with van der Waals surface area (Å²) in [6.45, 7) is 2.48. The number of halogens is 1. The van der Waals surface area contributed by atoms with Crippen molar-refractivity contribution in [3.8, 4) is 0 Å². The van der Waals surface area contributed by atoms with Crippen LogP contribution in [0, 0.1) is 6.92 Å². The number of nitrogens with zero attached hydrogens (tertiary/aromatic N) is 1. The second-order valence-electron chi connectivity index (χ2n) is 6.81. The molecule has 0 spiro atoms. The van der Waals surface area contributed by atoms with Gasteiger partial charge in [-0.25, -0.2) is 0 Å². The van der Waals surface area contributed by atoms with E-state index in [0.717, 1.165) is 11.1 Å². The first-order valence-electron chi connectivity index (χ1n) is 9.60. The smallest absolute Gasteiger partial charge is 0.264 e. The summed E-state index contributed by atoms with van der Waals surface area (Å²) in [7, 11) is 0. The first-order chi connectivity index (χ1) is 14.5. The molecule has 0 aliphatic heterocycles. The summed E-state index contributed by atoms with van der Waals surface area (Å²) < 4.78 is 0. The molecule has 0 fully saturated rings. The molecule has 1 aromatic heterocycles. The van der Waals surface area contributed by atoms with E-state index < -0.39 is 0 Å². The second kappa shape index (κ2) is 10.4. The summed E-state index contributed by atoms with van der Waals surface area (Å²) in [5, 5.41) is 13.2. The molecule has 0 saturated carbocycles. The van der Waals surface area contributed by atoms with Crippen LogP contribution in [0.1, 0.15) is 31.2 Å². The number of carbonyl (C=O) groups excluding carboxylic acids is 2. The number of aliphatic hydroxyl groups excluding tert-OH is 1. The Hall–Kier alpha value is -2.67. The van der Waals surface area contributed by atoms with Crippen molar-refractivity contribution in [1.82, 2.24) is 4.90 Å². The Balaban J connectivity index is 1.72. The van der Waals surface area contributed by atoms with Gasteiger partial charge in [-0.1, -0.05) is 54.1 Å². The van der Waals surface area contributed by atoms with Gasteiger partial charge in [0.1, 0.15) is 0 Å². The number of rotatable bonds is 8. The highest BCUT2D eigenvalue weighted by Crippen LogP contribution is 2.29. The molecular weight excluding hydrogens is 420 g/mol. The molecule has 2 N–H and O–H groups in total. The standard InChI is InChI=1S/C23H23ClN2O3S/c1-16-15-20(25-22(28)18-9-5-6-10-19(18)24)30-21(16)23(29)26(13-14-27)12-11-17-7-3-2-4-8-17/h2-10,15,27H,11-14H2,1H3,(H,25,28). The molecule has 2 aromatic carbocycles. The van der Waals surface area contributed by atoms with Gasteiger partial charge in [0.25, 0.3) is 11.8 Å². The summed E-state index contributed by atoms with van der Waals surface area (Å²) >= 11 is 7.32. The molecular formula is C23H23ClN2O3S. The number of aryl methyl sites for hydroxylation is 1. The minimum Gasteiger partial charge on any atom is -0.395 e. The zero-order valence-corrected chi connectivity index (χ0v) is 18.2. The number of hydrogen-bond donors (Lipinski definition) is 2. The molecule has 3 aromatic rings. The van der Waals surface area contributed by atoms with Gasteiger partial charge in [-0.15, -0.1) is 11.3 Å². The van der Waals surface area contributed by atoms with Crippen LogP contribution >= 0.6 is 22.9 Å². The van der Waals surface area contributed by atoms with Crippen LogP contribution in [0.15, 0.2) is 60.7 Å². The van der Waals surface area contributed by atoms with E-state index in [1.165, 1.54) is 11.3 Å². The lowest BCUT2D eigenvalue weighted by molar-refractivity contribution is 0.0728. The topological polar surface area (TPSA) is 69.6 Å². The monoisotopic (exact) mass is 442 g/mol. The lowest BCUT2D eigenvalue weighted by Crippen LogP contribution is -2.35. The van der Waals surface area contributed by atoms with Crippen molar-refractivity contribution in [2.24, 2.45) is 0 Å². The first-order valence-corrected chi connectivity index (χ1v) is 10.8. The molecule has 30 heavy (non-hydrogen) atoms. The predicted octanol–water partition coefficient (Wildman–Crippen LogP) is 4.64. The number of anilines is 1. The number of amides is 2. The van der Waals surface area contributed by atoms with Crippen molar-refractivity contribution in [2.75, 3.05) is 25.0 Å². The highest BCUT2D eigenvalue weighted by Gasteiger charge is 2.21. The van der Waals surface area contributed by atoms with Crippen molar-refractivity contribution in [3.05, 3.63) is 87.3 Å². The van der Waals surface area contributed by atoms with Gasteiger partial charge in [-0.05, 0) is 42.7 Å². The molecule has 2 amide bonds. The summed E-state index contributed by atoms with van der Waals surface area (Å²) in [6.07, 6.45) is 0.701. The van der Waals surface area contributed by atoms with Gasteiger partial charge in [-0.2, -0.15) is 0 Å². The van der Waals surface area contributed by atoms with Gasteiger partial charge in [0, 0.05) is 13.1 Å². The average molecular weight is 443 g/mol. The number of thiophene rings is 1.